The largest absolute Gasteiger partial charge is 0.511 e. The lowest BCUT2D eigenvalue weighted by molar-refractivity contribution is -0.384. The van der Waals surface area contributed by atoms with E-state index in [0.717, 1.165) is 38.6 Å². The summed E-state index contributed by atoms with van der Waals surface area (Å²) >= 11 is 0. The zero-order valence-corrected chi connectivity index (χ0v) is 9.98. The van der Waals surface area contributed by atoms with Crippen molar-refractivity contribution in [1.82, 2.24) is 0 Å². The highest BCUT2D eigenvalue weighted by atomic mass is 16.7. The van der Waals surface area contributed by atoms with E-state index in [1.54, 1.807) is 0 Å². The third-order valence-corrected chi connectivity index (χ3v) is 2.00. The second-order valence-electron chi connectivity index (χ2n) is 3.34. The van der Waals surface area contributed by atoms with Crippen LogP contribution in [0.15, 0.2) is 24.3 Å². The summed E-state index contributed by atoms with van der Waals surface area (Å²) in [4.78, 5) is 19.6. The van der Waals surface area contributed by atoms with Gasteiger partial charge in [-0.2, -0.15) is 0 Å². The Morgan fingerprint density at radius 3 is 1.95 bits per heavy atom. The van der Waals surface area contributed by atoms with Gasteiger partial charge in [-0.25, -0.2) is 4.79 Å². The van der Waals surface area contributed by atoms with E-state index in [1.807, 2.05) is 0 Å². The number of nitro benzene ring substituents is 1. The van der Waals surface area contributed by atoms with Gasteiger partial charge in [-0.15, -0.1) is 0 Å². The van der Waals surface area contributed by atoms with Crippen LogP contribution in [0.5, 0.6) is 5.75 Å². The van der Waals surface area contributed by atoms with Gasteiger partial charge in [0.05, 0.1) is 31.4 Å². The Kier molecular flexibility index (Phi) is 6.27. The van der Waals surface area contributed by atoms with E-state index in [1.165, 1.54) is 12.1 Å². The molecule has 1 heterocycles. The number of nitrogens with zero attached hydrogens (tertiary/aromatic N) is 1. The van der Waals surface area contributed by atoms with E-state index < -0.39 is 11.1 Å². The summed E-state index contributed by atoms with van der Waals surface area (Å²) in [5.74, 6) is 0.0538. The first-order valence-electron chi connectivity index (χ1n) is 5.40. The topological polar surface area (TPSA) is 108 Å². The summed E-state index contributed by atoms with van der Waals surface area (Å²) in [6.07, 6.45) is -1.45. The van der Waals surface area contributed by atoms with Crippen LogP contribution in [0.1, 0.15) is 0 Å². The molecule has 0 saturated carbocycles. The smallest absolute Gasteiger partial charge is 0.449 e. The molecule has 1 aromatic carbocycles. The van der Waals surface area contributed by atoms with Crippen LogP contribution < -0.4 is 4.74 Å². The van der Waals surface area contributed by atoms with Crippen LogP contribution in [-0.4, -0.2) is 42.6 Å². The Morgan fingerprint density at radius 1 is 1.16 bits per heavy atom. The fraction of sp³-hybridized carbons (Fsp3) is 0.364. The van der Waals surface area contributed by atoms with Gasteiger partial charge in [-0.1, -0.05) is 0 Å². The zero-order chi connectivity index (χ0) is 14.1. The molecule has 104 valence electrons. The molecule has 0 spiro atoms. The van der Waals surface area contributed by atoms with Crippen molar-refractivity contribution in [2.75, 3.05) is 26.4 Å². The molecule has 8 heteroatoms. The monoisotopic (exact) mass is 271 g/mol. The highest BCUT2D eigenvalue weighted by Crippen LogP contribution is 2.17. The molecule has 0 radical (unpaired) electrons. The molecule has 0 aliphatic carbocycles. The number of nitro groups is 1. The molecular formula is C11H13NO7. The number of hydrogen-bond acceptors (Lipinski definition) is 6. The highest BCUT2D eigenvalue weighted by Gasteiger charge is 2.05. The van der Waals surface area contributed by atoms with E-state index >= 15 is 0 Å². The van der Waals surface area contributed by atoms with Crippen molar-refractivity contribution in [1.29, 1.82) is 0 Å². The van der Waals surface area contributed by atoms with Gasteiger partial charge in [0.15, 0.2) is 0 Å². The Labute approximate surface area is 108 Å². The molecule has 0 unspecified atom stereocenters. The van der Waals surface area contributed by atoms with E-state index in [0.29, 0.717) is 0 Å². The SMILES string of the molecule is C1COCCO1.O=C(O)Oc1ccc([N+](=O)[O-])cc1. The molecule has 1 aromatic rings. The highest BCUT2D eigenvalue weighted by molar-refractivity contribution is 5.61. The van der Waals surface area contributed by atoms with E-state index in [2.05, 4.69) is 4.74 Å². The first kappa shape index (κ1) is 14.9. The molecule has 1 saturated heterocycles. The van der Waals surface area contributed by atoms with Crippen molar-refractivity contribution in [3.63, 3.8) is 0 Å². The second-order valence-corrected chi connectivity index (χ2v) is 3.34. The van der Waals surface area contributed by atoms with Gasteiger partial charge in [0, 0.05) is 12.1 Å². The molecule has 0 amide bonds. The molecule has 0 aromatic heterocycles. The molecule has 1 fully saturated rings. The van der Waals surface area contributed by atoms with Gasteiger partial charge in [-0.05, 0) is 12.1 Å². The van der Waals surface area contributed by atoms with Crippen molar-refractivity contribution >= 4 is 11.8 Å². The molecule has 0 bridgehead atoms. The maximum Gasteiger partial charge on any atom is 0.511 e. The molecule has 0 atom stereocenters. The molecule has 1 aliphatic heterocycles. The third kappa shape index (κ3) is 6.34. The van der Waals surface area contributed by atoms with E-state index in [4.69, 9.17) is 14.6 Å². The number of hydrogen-bond donors (Lipinski definition) is 1. The number of non-ortho nitro benzene ring substituents is 1. The lowest BCUT2D eigenvalue weighted by Gasteiger charge is -2.09. The maximum absolute atomic E-state index is 10.2. The third-order valence-electron chi connectivity index (χ3n) is 2.00. The van der Waals surface area contributed by atoms with E-state index in [9.17, 15) is 14.9 Å². The first-order chi connectivity index (χ1) is 9.09. The number of ether oxygens (including phenoxy) is 3. The number of carbonyl (C=O) groups is 1. The van der Waals surface area contributed by atoms with Crippen molar-refractivity contribution in [3.8, 4) is 5.75 Å². The Morgan fingerprint density at radius 2 is 1.63 bits per heavy atom. The minimum Gasteiger partial charge on any atom is -0.449 e. The van der Waals surface area contributed by atoms with Crippen molar-refractivity contribution in [3.05, 3.63) is 34.4 Å². The minimum absolute atomic E-state index is 0.0538. The van der Waals surface area contributed by atoms with Gasteiger partial charge >= 0.3 is 6.16 Å². The summed E-state index contributed by atoms with van der Waals surface area (Å²) in [5.41, 5.74) is -0.113. The number of carboxylic acid groups (broad SMARTS) is 1. The van der Waals surface area contributed by atoms with Crippen LogP contribution >= 0.6 is 0 Å². The van der Waals surface area contributed by atoms with Gasteiger partial charge in [0.1, 0.15) is 5.75 Å². The molecule has 19 heavy (non-hydrogen) atoms. The van der Waals surface area contributed by atoms with Crippen LogP contribution in [-0.2, 0) is 9.47 Å². The summed E-state index contributed by atoms with van der Waals surface area (Å²) in [6.45, 7) is 3.11. The van der Waals surface area contributed by atoms with Crippen molar-refractivity contribution < 1.29 is 29.0 Å². The lowest BCUT2D eigenvalue weighted by Crippen LogP contribution is -2.16. The summed E-state index contributed by atoms with van der Waals surface area (Å²) < 4.78 is 14.1. The Balaban J connectivity index is 0.000000250. The maximum atomic E-state index is 10.2. The molecule has 2 rings (SSSR count). The predicted octanol–water partition coefficient (Wildman–Crippen LogP) is 1.68. The van der Waals surface area contributed by atoms with Crippen LogP contribution in [0.25, 0.3) is 0 Å². The minimum atomic E-state index is -1.45. The standard InChI is InChI=1S/C7H5NO5.C4H8O2/c9-7(10)13-6-3-1-5(2-4-6)8(11)12;1-2-6-4-3-5-1/h1-4H,(H,9,10);1-4H2. The molecule has 1 aliphatic rings. The average molecular weight is 271 g/mol. The fourth-order valence-corrected chi connectivity index (χ4v) is 1.18. The second kappa shape index (κ2) is 8.01. The molecule has 1 N–H and O–H groups in total. The van der Waals surface area contributed by atoms with Crippen LogP contribution in [0.2, 0.25) is 0 Å². The lowest BCUT2D eigenvalue weighted by atomic mass is 10.3. The number of benzene rings is 1. The van der Waals surface area contributed by atoms with Crippen molar-refractivity contribution in [2.24, 2.45) is 0 Å². The van der Waals surface area contributed by atoms with E-state index in [-0.39, 0.29) is 11.4 Å². The summed E-state index contributed by atoms with van der Waals surface area (Å²) in [7, 11) is 0. The Hall–Kier alpha value is -2.19. The van der Waals surface area contributed by atoms with Gasteiger partial charge in [0.25, 0.3) is 5.69 Å². The van der Waals surface area contributed by atoms with Gasteiger partial charge in [0.2, 0.25) is 0 Å². The normalized spacial score (nSPS) is 13.9. The quantitative estimate of drug-likeness (QED) is 0.377. The van der Waals surface area contributed by atoms with Crippen LogP contribution in [0.3, 0.4) is 0 Å². The van der Waals surface area contributed by atoms with Gasteiger partial charge in [-0.3, -0.25) is 10.1 Å². The first-order valence-corrected chi connectivity index (χ1v) is 5.40. The average Bonchev–Trinajstić information content (AvgIpc) is 2.41. The molecule has 8 nitrogen and oxygen atoms in total. The van der Waals surface area contributed by atoms with Crippen LogP contribution in [0.4, 0.5) is 10.5 Å². The summed E-state index contributed by atoms with van der Waals surface area (Å²) in [5, 5.41) is 18.4. The van der Waals surface area contributed by atoms with Gasteiger partial charge < -0.3 is 19.3 Å². The molecular weight excluding hydrogens is 258 g/mol. The van der Waals surface area contributed by atoms with Crippen LogP contribution in [0, 0.1) is 10.1 Å². The Bertz CT molecular complexity index is 402. The zero-order valence-electron chi connectivity index (χ0n) is 9.98. The summed E-state index contributed by atoms with van der Waals surface area (Å²) in [6, 6.07) is 4.76. The fourth-order valence-electron chi connectivity index (χ4n) is 1.18. The number of rotatable bonds is 2. The predicted molar refractivity (Wildman–Crippen MR) is 63.4 cm³/mol. The van der Waals surface area contributed by atoms with Crippen molar-refractivity contribution in [2.45, 2.75) is 0 Å².